The lowest BCUT2D eigenvalue weighted by Gasteiger charge is -2.16. The summed E-state index contributed by atoms with van der Waals surface area (Å²) in [6, 6.07) is 6.32. The zero-order valence-corrected chi connectivity index (χ0v) is 12.4. The molecule has 1 heterocycles. The molecule has 0 bridgehead atoms. The van der Waals surface area contributed by atoms with E-state index in [1.165, 1.54) is 18.3 Å². The van der Waals surface area contributed by atoms with Crippen LogP contribution in [-0.2, 0) is 0 Å². The molecule has 22 heavy (non-hydrogen) atoms. The van der Waals surface area contributed by atoms with Gasteiger partial charge in [0, 0.05) is 23.1 Å². The Morgan fingerprint density at radius 1 is 1.14 bits per heavy atom. The third-order valence-electron chi connectivity index (χ3n) is 3.43. The highest BCUT2D eigenvalue weighted by molar-refractivity contribution is 6.36. The molecule has 6 heteroatoms. The number of hydrogen-bond donors (Lipinski definition) is 1. The van der Waals surface area contributed by atoms with E-state index < -0.39 is 11.6 Å². The van der Waals surface area contributed by atoms with E-state index in [1.807, 2.05) is 0 Å². The highest BCUT2D eigenvalue weighted by atomic mass is 35.5. The van der Waals surface area contributed by atoms with Crippen molar-refractivity contribution in [3.8, 4) is 11.1 Å². The Morgan fingerprint density at radius 3 is 2.45 bits per heavy atom. The first-order valence-corrected chi connectivity index (χ1v) is 7.01. The summed E-state index contributed by atoms with van der Waals surface area (Å²) in [4.78, 5) is 0. The van der Waals surface area contributed by atoms with E-state index >= 15 is 0 Å². The van der Waals surface area contributed by atoms with Crippen molar-refractivity contribution in [2.24, 2.45) is 5.73 Å². The minimum Gasteiger partial charge on any atom is -0.324 e. The average Bonchev–Trinajstić information content (AvgIpc) is 2.46. The van der Waals surface area contributed by atoms with Crippen molar-refractivity contribution in [2.45, 2.75) is 13.0 Å². The summed E-state index contributed by atoms with van der Waals surface area (Å²) in [6.45, 7) is 1.77. The van der Waals surface area contributed by atoms with Crippen molar-refractivity contribution >= 4 is 22.5 Å². The molecule has 1 aromatic heterocycles. The van der Waals surface area contributed by atoms with Gasteiger partial charge in [-0.3, -0.25) is 0 Å². The normalized spacial score (nSPS) is 12.6. The number of nitrogens with zero attached hydrogens (tertiary/aromatic N) is 2. The molecule has 2 N–H and O–H groups in total. The summed E-state index contributed by atoms with van der Waals surface area (Å²) >= 11 is 6.26. The Kier molecular flexibility index (Phi) is 3.76. The predicted molar refractivity (Wildman–Crippen MR) is 82.5 cm³/mol. The van der Waals surface area contributed by atoms with Crippen molar-refractivity contribution in [3.05, 3.63) is 58.7 Å². The highest BCUT2D eigenvalue weighted by Gasteiger charge is 2.18. The van der Waals surface area contributed by atoms with Crippen molar-refractivity contribution in [1.29, 1.82) is 0 Å². The quantitative estimate of drug-likeness (QED) is 0.768. The van der Waals surface area contributed by atoms with Gasteiger partial charge in [-0.2, -0.15) is 5.10 Å². The molecule has 3 aromatic rings. The zero-order chi connectivity index (χ0) is 15.9. The molecule has 0 aliphatic heterocycles. The standard InChI is InChI=1S/C16H12ClF2N3/c1-8(20)13-7-14(17)12-2-3-21-22-16(12)15(13)9-4-10(18)6-11(19)5-9/h2-8H,20H2,1H3. The van der Waals surface area contributed by atoms with Crippen LogP contribution < -0.4 is 5.73 Å². The molecule has 0 amide bonds. The van der Waals surface area contributed by atoms with Crippen LogP contribution in [0.25, 0.3) is 22.0 Å². The first-order valence-electron chi connectivity index (χ1n) is 6.63. The molecule has 3 nitrogen and oxygen atoms in total. The number of nitrogens with two attached hydrogens (primary N) is 1. The van der Waals surface area contributed by atoms with Gasteiger partial charge in [0.25, 0.3) is 0 Å². The molecule has 0 spiro atoms. The van der Waals surface area contributed by atoms with Crippen LogP contribution in [0.5, 0.6) is 0 Å². The van der Waals surface area contributed by atoms with Crippen molar-refractivity contribution < 1.29 is 8.78 Å². The van der Waals surface area contributed by atoms with Crippen molar-refractivity contribution in [2.75, 3.05) is 0 Å². The molecule has 0 fully saturated rings. The molecule has 0 saturated carbocycles. The summed E-state index contributed by atoms with van der Waals surface area (Å²) < 4.78 is 27.2. The molecule has 1 atom stereocenters. The molecular weight excluding hydrogens is 308 g/mol. The monoisotopic (exact) mass is 319 g/mol. The first kappa shape index (κ1) is 14.8. The maximum absolute atomic E-state index is 13.6. The molecule has 1 unspecified atom stereocenters. The maximum Gasteiger partial charge on any atom is 0.126 e. The number of rotatable bonds is 2. The Bertz CT molecular complexity index is 845. The number of hydrogen-bond acceptors (Lipinski definition) is 3. The number of halogens is 3. The fourth-order valence-electron chi connectivity index (χ4n) is 2.49. The smallest absolute Gasteiger partial charge is 0.126 e. The van der Waals surface area contributed by atoms with Crippen LogP contribution in [-0.4, -0.2) is 10.2 Å². The Hall–Kier alpha value is -2.11. The molecule has 0 saturated heterocycles. The van der Waals surface area contributed by atoms with E-state index in [1.54, 1.807) is 19.1 Å². The lowest BCUT2D eigenvalue weighted by atomic mass is 9.93. The third-order valence-corrected chi connectivity index (χ3v) is 3.74. The van der Waals surface area contributed by atoms with Gasteiger partial charge in [-0.25, -0.2) is 8.78 Å². The second-order valence-electron chi connectivity index (χ2n) is 5.06. The minimum absolute atomic E-state index is 0.354. The lowest BCUT2D eigenvalue weighted by molar-refractivity contribution is 0.584. The molecule has 3 rings (SSSR count). The zero-order valence-electron chi connectivity index (χ0n) is 11.6. The second kappa shape index (κ2) is 5.59. The fraction of sp³-hybridized carbons (Fsp3) is 0.125. The SMILES string of the molecule is CC(N)c1cc(Cl)c2ccnnc2c1-c1cc(F)cc(F)c1. The first-order chi connectivity index (χ1) is 10.5. The van der Waals surface area contributed by atoms with Gasteiger partial charge in [-0.1, -0.05) is 11.6 Å². The highest BCUT2D eigenvalue weighted by Crippen LogP contribution is 2.37. The predicted octanol–water partition coefficient (Wildman–Crippen LogP) is 4.25. The van der Waals surface area contributed by atoms with Crippen LogP contribution in [0.1, 0.15) is 18.5 Å². The molecular formula is C16H12ClF2N3. The van der Waals surface area contributed by atoms with Gasteiger partial charge in [0.1, 0.15) is 17.2 Å². The van der Waals surface area contributed by atoms with Gasteiger partial charge < -0.3 is 5.73 Å². The van der Waals surface area contributed by atoms with E-state index in [4.69, 9.17) is 17.3 Å². The van der Waals surface area contributed by atoms with E-state index in [2.05, 4.69) is 10.2 Å². The van der Waals surface area contributed by atoms with E-state index in [9.17, 15) is 8.78 Å². The minimum atomic E-state index is -0.669. The maximum atomic E-state index is 13.6. The van der Waals surface area contributed by atoms with Gasteiger partial charge in [0.05, 0.1) is 11.2 Å². The van der Waals surface area contributed by atoms with Crippen LogP contribution in [0.15, 0.2) is 36.5 Å². The summed E-state index contributed by atoms with van der Waals surface area (Å²) in [7, 11) is 0. The number of aromatic nitrogens is 2. The molecule has 112 valence electrons. The Labute approximate surface area is 130 Å². The lowest BCUT2D eigenvalue weighted by Crippen LogP contribution is -2.08. The number of benzene rings is 2. The van der Waals surface area contributed by atoms with E-state index in [0.29, 0.717) is 32.6 Å². The summed E-state index contributed by atoms with van der Waals surface area (Å²) in [5, 5.41) is 9.06. The van der Waals surface area contributed by atoms with E-state index in [0.717, 1.165) is 6.07 Å². The number of fused-ring (bicyclic) bond motifs is 1. The third kappa shape index (κ3) is 2.53. The molecule has 0 radical (unpaired) electrons. The fourth-order valence-corrected chi connectivity index (χ4v) is 2.76. The van der Waals surface area contributed by atoms with Crippen molar-refractivity contribution in [3.63, 3.8) is 0 Å². The summed E-state index contributed by atoms with van der Waals surface area (Å²) in [6.07, 6.45) is 1.51. The molecule has 0 aliphatic rings. The van der Waals surface area contributed by atoms with Crippen molar-refractivity contribution in [1.82, 2.24) is 10.2 Å². The topological polar surface area (TPSA) is 51.8 Å². The van der Waals surface area contributed by atoms with Gasteiger partial charge in [0.2, 0.25) is 0 Å². The van der Waals surface area contributed by atoms with Gasteiger partial charge >= 0.3 is 0 Å². The van der Waals surface area contributed by atoms with Crippen LogP contribution >= 0.6 is 11.6 Å². The van der Waals surface area contributed by atoms with Crippen LogP contribution in [0.4, 0.5) is 8.78 Å². The molecule has 0 aliphatic carbocycles. The van der Waals surface area contributed by atoms with E-state index in [-0.39, 0.29) is 6.04 Å². The Balaban J connectivity index is 2.44. The molecule has 2 aromatic carbocycles. The van der Waals surface area contributed by atoms with Crippen LogP contribution in [0.3, 0.4) is 0 Å². The Morgan fingerprint density at radius 2 is 1.82 bits per heavy atom. The largest absolute Gasteiger partial charge is 0.324 e. The van der Waals surface area contributed by atoms with Gasteiger partial charge in [-0.05, 0) is 42.3 Å². The van der Waals surface area contributed by atoms with Crippen LogP contribution in [0, 0.1) is 11.6 Å². The van der Waals surface area contributed by atoms with Crippen LogP contribution in [0.2, 0.25) is 5.02 Å². The summed E-state index contributed by atoms with van der Waals surface area (Å²) in [5.74, 6) is -1.34. The summed E-state index contributed by atoms with van der Waals surface area (Å²) in [5.41, 5.74) is 8.01. The van der Waals surface area contributed by atoms with Gasteiger partial charge in [-0.15, -0.1) is 5.10 Å². The second-order valence-corrected chi connectivity index (χ2v) is 5.47. The van der Waals surface area contributed by atoms with Gasteiger partial charge in [0.15, 0.2) is 0 Å². The average molecular weight is 320 g/mol.